The highest BCUT2D eigenvalue weighted by Gasteiger charge is 2.35. The molecule has 26 heavy (non-hydrogen) atoms. The fourth-order valence-corrected chi connectivity index (χ4v) is 3.10. The number of unbranched alkanes of at least 4 members (excludes halogenated alkanes) is 3. The van der Waals surface area contributed by atoms with E-state index in [0.717, 1.165) is 19.3 Å². The van der Waals surface area contributed by atoms with Crippen molar-refractivity contribution in [3.05, 3.63) is 24.3 Å². The van der Waals surface area contributed by atoms with Crippen LogP contribution in [0.1, 0.15) is 64.7 Å². The molecule has 0 aromatic heterocycles. The van der Waals surface area contributed by atoms with E-state index < -0.39 is 30.6 Å². The molecule has 1 fully saturated rings. The summed E-state index contributed by atoms with van der Waals surface area (Å²) in [4.78, 5) is 10.5. The fourth-order valence-electron chi connectivity index (χ4n) is 3.10. The molecule has 0 saturated carbocycles. The second kappa shape index (κ2) is 13.0. The number of ether oxygens (including phenoxy) is 1. The van der Waals surface area contributed by atoms with Crippen LogP contribution < -0.4 is 0 Å². The molecule has 6 nitrogen and oxygen atoms in total. The van der Waals surface area contributed by atoms with Crippen molar-refractivity contribution in [3.63, 3.8) is 0 Å². The number of carboxylic acid groups (broad SMARTS) is 1. The number of aliphatic hydroxyl groups is 3. The van der Waals surface area contributed by atoms with Crippen molar-refractivity contribution in [1.82, 2.24) is 0 Å². The first-order valence-electron chi connectivity index (χ1n) is 9.68. The molecule has 0 bridgehead atoms. The van der Waals surface area contributed by atoms with Crippen LogP contribution in [0.4, 0.5) is 0 Å². The van der Waals surface area contributed by atoms with Crippen LogP contribution in [0.15, 0.2) is 24.3 Å². The number of carboxylic acids is 1. The predicted molar refractivity (Wildman–Crippen MR) is 99.5 cm³/mol. The zero-order valence-electron chi connectivity index (χ0n) is 15.7. The van der Waals surface area contributed by atoms with Gasteiger partial charge in [-0.15, -0.1) is 0 Å². The number of hydrogen-bond donors (Lipinski definition) is 4. The Kier molecular flexibility index (Phi) is 11.4. The maximum Gasteiger partial charge on any atom is 0.303 e. The molecular weight excluding hydrogens is 336 g/mol. The summed E-state index contributed by atoms with van der Waals surface area (Å²) in [6, 6.07) is 0. The summed E-state index contributed by atoms with van der Waals surface area (Å²) in [5.41, 5.74) is 0. The molecule has 0 unspecified atom stereocenters. The highest BCUT2D eigenvalue weighted by molar-refractivity contribution is 5.66. The Labute approximate surface area is 156 Å². The minimum absolute atomic E-state index is 0.146. The van der Waals surface area contributed by atoms with E-state index >= 15 is 0 Å². The lowest BCUT2D eigenvalue weighted by Gasteiger charge is -2.36. The van der Waals surface area contributed by atoms with Gasteiger partial charge in [0.15, 0.2) is 6.29 Å². The molecule has 1 heterocycles. The molecule has 4 N–H and O–H groups in total. The van der Waals surface area contributed by atoms with E-state index in [2.05, 4.69) is 6.92 Å². The molecule has 0 aromatic rings. The lowest BCUT2D eigenvalue weighted by atomic mass is 9.87. The lowest BCUT2D eigenvalue weighted by molar-refractivity contribution is -0.199. The molecule has 150 valence electrons. The maximum atomic E-state index is 10.5. The Morgan fingerprint density at radius 3 is 2.69 bits per heavy atom. The highest BCUT2D eigenvalue weighted by Crippen LogP contribution is 2.29. The number of hydrogen-bond acceptors (Lipinski definition) is 5. The third-order valence-electron chi connectivity index (χ3n) is 4.64. The van der Waals surface area contributed by atoms with E-state index in [1.807, 2.05) is 12.2 Å². The first-order chi connectivity index (χ1) is 12.4. The van der Waals surface area contributed by atoms with Gasteiger partial charge in [-0.3, -0.25) is 4.79 Å². The summed E-state index contributed by atoms with van der Waals surface area (Å²) >= 11 is 0. The average Bonchev–Trinajstić information content (AvgIpc) is 2.57. The quantitative estimate of drug-likeness (QED) is 0.311. The van der Waals surface area contributed by atoms with Crippen LogP contribution in [0.25, 0.3) is 0 Å². The molecule has 0 radical (unpaired) electrons. The van der Waals surface area contributed by atoms with Crippen molar-refractivity contribution >= 4 is 5.97 Å². The average molecular weight is 370 g/mol. The molecule has 0 aromatic carbocycles. The van der Waals surface area contributed by atoms with Crippen molar-refractivity contribution in [2.45, 2.75) is 89.3 Å². The van der Waals surface area contributed by atoms with Gasteiger partial charge in [-0.1, -0.05) is 50.5 Å². The molecule has 1 aliphatic heterocycles. The van der Waals surface area contributed by atoms with E-state index in [-0.39, 0.29) is 18.8 Å². The molecule has 1 aliphatic rings. The van der Waals surface area contributed by atoms with Crippen molar-refractivity contribution in [2.24, 2.45) is 5.92 Å². The largest absolute Gasteiger partial charge is 0.481 e. The van der Waals surface area contributed by atoms with E-state index in [4.69, 9.17) is 9.84 Å². The van der Waals surface area contributed by atoms with Gasteiger partial charge >= 0.3 is 5.97 Å². The van der Waals surface area contributed by atoms with Gasteiger partial charge in [0.25, 0.3) is 0 Å². The summed E-state index contributed by atoms with van der Waals surface area (Å²) in [6.07, 6.45) is 10.5. The van der Waals surface area contributed by atoms with Gasteiger partial charge in [-0.05, 0) is 25.7 Å². The Hall–Kier alpha value is -1.21. The summed E-state index contributed by atoms with van der Waals surface area (Å²) in [5.74, 6) is -1.00. The standard InChI is InChI=1S/C20H34O6/c1-2-3-6-9-15(21)12-13-18-16(17(22)14-20(25)26-18)10-7-4-5-8-11-19(23)24/h4,7,12-13,15-18,20-22,25H,2-3,5-6,8-11,14H2,1H3,(H,23,24)/b7-4-,13-12+/t15-,16-,17+,18+,20-/m0/s1. The van der Waals surface area contributed by atoms with E-state index in [9.17, 15) is 20.1 Å². The molecule has 5 atom stereocenters. The Balaban J connectivity index is 2.52. The van der Waals surface area contributed by atoms with E-state index in [0.29, 0.717) is 25.7 Å². The van der Waals surface area contributed by atoms with Gasteiger partial charge in [0.05, 0.1) is 18.3 Å². The van der Waals surface area contributed by atoms with Gasteiger partial charge in [-0.25, -0.2) is 0 Å². The molecule has 6 heteroatoms. The monoisotopic (exact) mass is 370 g/mol. The van der Waals surface area contributed by atoms with Crippen LogP contribution in [-0.4, -0.2) is 51.0 Å². The van der Waals surface area contributed by atoms with Crippen LogP contribution in [-0.2, 0) is 9.53 Å². The van der Waals surface area contributed by atoms with Crippen molar-refractivity contribution < 1.29 is 30.0 Å². The van der Waals surface area contributed by atoms with Crippen LogP contribution >= 0.6 is 0 Å². The normalized spacial score (nSPS) is 28.0. The van der Waals surface area contributed by atoms with Gasteiger partial charge in [-0.2, -0.15) is 0 Å². The third-order valence-corrected chi connectivity index (χ3v) is 4.64. The van der Waals surface area contributed by atoms with Crippen LogP contribution in [0.3, 0.4) is 0 Å². The second-order valence-electron chi connectivity index (χ2n) is 6.96. The summed E-state index contributed by atoms with van der Waals surface area (Å²) < 4.78 is 5.54. The van der Waals surface area contributed by atoms with Gasteiger partial charge in [0.1, 0.15) is 0 Å². The van der Waals surface area contributed by atoms with Crippen molar-refractivity contribution in [2.75, 3.05) is 0 Å². The summed E-state index contributed by atoms with van der Waals surface area (Å²) in [6.45, 7) is 2.11. The number of rotatable bonds is 12. The SMILES string of the molecule is CCCCC[C@H](O)/C=C/[C@H]1O[C@H](O)C[C@@H](O)[C@@H]1C/C=C\CCCC(=O)O. The minimum Gasteiger partial charge on any atom is -0.481 e. The van der Waals surface area contributed by atoms with Gasteiger partial charge < -0.3 is 25.2 Å². The third kappa shape index (κ3) is 9.48. The minimum atomic E-state index is -1.01. The second-order valence-corrected chi connectivity index (χ2v) is 6.96. The number of aliphatic hydroxyl groups excluding tert-OH is 3. The van der Waals surface area contributed by atoms with Crippen LogP contribution in [0.2, 0.25) is 0 Å². The Morgan fingerprint density at radius 1 is 1.23 bits per heavy atom. The molecular formula is C20H34O6. The summed E-state index contributed by atoms with van der Waals surface area (Å²) in [5, 5.41) is 38.7. The predicted octanol–water partition coefficient (Wildman–Crippen LogP) is 2.77. The van der Waals surface area contributed by atoms with Crippen LogP contribution in [0.5, 0.6) is 0 Å². The molecule has 0 aliphatic carbocycles. The summed E-state index contributed by atoms with van der Waals surface area (Å²) in [7, 11) is 0. The molecule has 0 amide bonds. The van der Waals surface area contributed by atoms with Crippen molar-refractivity contribution in [3.8, 4) is 0 Å². The molecule has 1 saturated heterocycles. The Bertz CT molecular complexity index is 448. The van der Waals surface area contributed by atoms with Gasteiger partial charge in [0.2, 0.25) is 0 Å². The van der Waals surface area contributed by atoms with Crippen molar-refractivity contribution in [1.29, 1.82) is 0 Å². The molecule has 0 spiro atoms. The van der Waals surface area contributed by atoms with E-state index in [1.54, 1.807) is 12.2 Å². The fraction of sp³-hybridized carbons (Fsp3) is 0.750. The number of allylic oxidation sites excluding steroid dienone is 2. The van der Waals surface area contributed by atoms with Crippen LogP contribution in [0, 0.1) is 5.92 Å². The maximum absolute atomic E-state index is 10.5. The zero-order chi connectivity index (χ0) is 19.4. The smallest absolute Gasteiger partial charge is 0.303 e. The number of aliphatic carboxylic acids is 1. The number of carbonyl (C=O) groups is 1. The zero-order valence-corrected chi connectivity index (χ0v) is 15.7. The Morgan fingerprint density at radius 2 is 2.00 bits per heavy atom. The lowest BCUT2D eigenvalue weighted by Crippen LogP contribution is -2.43. The van der Waals surface area contributed by atoms with Gasteiger partial charge in [0, 0.05) is 18.8 Å². The highest BCUT2D eigenvalue weighted by atomic mass is 16.6. The first-order valence-corrected chi connectivity index (χ1v) is 9.68. The molecule has 1 rings (SSSR count). The first kappa shape index (κ1) is 22.8. The topological polar surface area (TPSA) is 107 Å². The van der Waals surface area contributed by atoms with E-state index in [1.165, 1.54) is 0 Å².